The van der Waals surface area contributed by atoms with E-state index in [1.807, 2.05) is 97.4 Å². The third kappa shape index (κ3) is 32.9. The molecule has 0 amide bonds. The number of nitrogens with zero attached hydrogens (tertiary/aromatic N) is 2. The van der Waals surface area contributed by atoms with Crippen LogP contribution in [0.15, 0.2) is 140 Å². The quantitative estimate of drug-likeness (QED) is 0.0755. The molecule has 0 radical (unpaired) electrons. The number of pyridine rings is 1. The number of ether oxygens (including phenoxy) is 3. The molecule has 7 rings (SSSR count). The molecule has 1 unspecified atom stereocenters. The molecular weight excluding hydrogens is 1170 g/mol. The maximum Gasteiger partial charge on any atom is 0.387 e. The second kappa shape index (κ2) is 43.5. The number of para-hydroxylation sites is 2. The van der Waals surface area contributed by atoms with E-state index in [1.165, 1.54) is 46.5 Å². The zero-order valence-electron chi connectivity index (χ0n) is 56.9. The highest BCUT2D eigenvalue weighted by Gasteiger charge is 2.15. The van der Waals surface area contributed by atoms with Crippen molar-refractivity contribution < 1.29 is 40.6 Å². The van der Waals surface area contributed by atoms with Crippen molar-refractivity contribution >= 4 is 29.0 Å². The second-order valence-electron chi connectivity index (χ2n) is 25.1. The van der Waals surface area contributed by atoms with E-state index in [0.29, 0.717) is 69.7 Å². The Hall–Kier alpha value is -6.17. The lowest BCUT2D eigenvalue weighted by Gasteiger charge is -2.16. The van der Waals surface area contributed by atoms with Gasteiger partial charge in [-0.3, -0.25) is 0 Å². The van der Waals surface area contributed by atoms with Crippen molar-refractivity contribution in [2.24, 2.45) is 41.4 Å². The zero-order chi connectivity index (χ0) is 67.5. The average molecular weight is 1280 g/mol. The molecule has 5 nitrogen and oxygen atoms in total. The number of hydrogen-bond donors (Lipinski definition) is 0. The minimum Gasteiger partial charge on any atom is -0.496 e. The number of aromatic nitrogens is 1. The minimum atomic E-state index is -2.75. The highest BCUT2D eigenvalue weighted by molar-refractivity contribution is 6.31. The monoisotopic (exact) mass is 1280 g/mol. The molecule has 7 aromatic rings. The SMILES string of the molecule is CC(C)C(C)c1ccc(F)c(F)c1.CC(C)Cc1c(F)cccc1Cl.CC(C)Cc1ccccc1OC(F)F.CC(C)Cc1cccnc1N(C)C.COc1cccc(F)c1CC(C)C.COc1ccccc1CC(C)C.Cc1cccc(Cl)c1CC(C)C. The summed E-state index contributed by atoms with van der Waals surface area (Å²) in [5.41, 5.74) is 8.24. The summed E-state index contributed by atoms with van der Waals surface area (Å²) < 4.78 is 90.6. The Morgan fingerprint density at radius 3 is 1.30 bits per heavy atom. The van der Waals surface area contributed by atoms with E-state index in [-0.39, 0.29) is 23.3 Å². The lowest BCUT2D eigenvalue weighted by molar-refractivity contribution is -0.0505. The van der Waals surface area contributed by atoms with Gasteiger partial charge >= 0.3 is 6.61 Å². The van der Waals surface area contributed by atoms with Gasteiger partial charge in [-0.1, -0.05) is 200 Å². The lowest BCUT2D eigenvalue weighted by Crippen LogP contribution is -2.13. The number of alkyl halides is 2. The second-order valence-corrected chi connectivity index (χ2v) is 25.9. The molecule has 0 saturated carbocycles. The van der Waals surface area contributed by atoms with Crippen molar-refractivity contribution in [3.63, 3.8) is 0 Å². The van der Waals surface area contributed by atoms with Gasteiger partial charge in [-0.2, -0.15) is 8.78 Å². The third-order valence-corrected chi connectivity index (χ3v) is 14.3. The molecule has 1 aromatic heterocycles. The standard InChI is InChI=1S/C11H15Cl.C11H14F2O.C11H14F2.C11H15FO.C11H18N2.C11H16O.C10H12ClF/c1-8(2)7-10-9(3)5-4-6-11(10)12;1-8(2)7-9-5-3-4-6-10(9)14-11(12)13;1-7(2)8(3)9-4-5-10(12)11(13)6-9;1-8(2)7-9-10(12)5-4-6-11(9)13-3;1-9(2)8-10-6-5-7-12-11(10)13(3)4;1-9(2)8-10-6-4-5-7-11(10)12-3;1-7(2)6-8-9(11)4-3-5-10(8)12/h4-6,8H,7H2,1-3H3;3-6,8,11H,7H2,1-2H3;4-8H,1-3H3;4-6,8H,7H2,1-3H3;5-7,9H,8H2,1-4H3;4-7,9H,8H2,1-3H3;3-5,7H,6H2,1-2H3. The van der Waals surface area contributed by atoms with E-state index in [2.05, 4.69) is 115 Å². The highest BCUT2D eigenvalue weighted by atomic mass is 35.5. The van der Waals surface area contributed by atoms with Gasteiger partial charge in [0.25, 0.3) is 0 Å². The molecule has 0 bridgehead atoms. The van der Waals surface area contributed by atoms with Gasteiger partial charge in [0.1, 0.15) is 34.7 Å². The van der Waals surface area contributed by atoms with Gasteiger partial charge in [-0.05, 0) is 187 Å². The fourth-order valence-electron chi connectivity index (χ4n) is 9.05. The summed E-state index contributed by atoms with van der Waals surface area (Å²) in [5, 5.41) is 1.44. The van der Waals surface area contributed by atoms with E-state index < -0.39 is 18.2 Å². The van der Waals surface area contributed by atoms with Gasteiger partial charge in [-0.25, -0.2) is 22.5 Å². The Labute approximate surface area is 543 Å². The molecule has 0 fully saturated rings. The van der Waals surface area contributed by atoms with Crippen LogP contribution in [-0.4, -0.2) is 39.9 Å². The van der Waals surface area contributed by atoms with E-state index in [9.17, 15) is 26.3 Å². The maximum atomic E-state index is 13.3. The van der Waals surface area contributed by atoms with E-state index >= 15 is 0 Å². The first-order chi connectivity index (χ1) is 41.8. The molecule has 0 spiro atoms. The van der Waals surface area contributed by atoms with Crippen LogP contribution in [-0.2, 0) is 38.5 Å². The van der Waals surface area contributed by atoms with Gasteiger partial charge < -0.3 is 19.1 Å². The van der Waals surface area contributed by atoms with Crippen LogP contribution in [0.2, 0.25) is 10.0 Å². The van der Waals surface area contributed by atoms with Crippen molar-refractivity contribution in [2.45, 2.75) is 162 Å². The number of benzene rings is 6. The first-order valence-electron chi connectivity index (χ1n) is 31.0. The van der Waals surface area contributed by atoms with Crippen molar-refractivity contribution in [3.8, 4) is 17.2 Å². The van der Waals surface area contributed by atoms with Gasteiger partial charge in [0.15, 0.2) is 11.6 Å². The first kappa shape index (κ1) is 80.8. The Kier molecular flexibility index (Phi) is 39.5. The van der Waals surface area contributed by atoms with Crippen LogP contribution < -0.4 is 19.1 Å². The predicted molar refractivity (Wildman–Crippen MR) is 366 cm³/mol. The van der Waals surface area contributed by atoms with Gasteiger partial charge in [0.2, 0.25) is 0 Å². The molecule has 13 heteroatoms. The molecule has 1 atom stereocenters. The number of halogens is 8. The van der Waals surface area contributed by atoms with Crippen LogP contribution in [0.25, 0.3) is 0 Å². The van der Waals surface area contributed by atoms with Crippen LogP contribution >= 0.6 is 23.2 Å². The topological polar surface area (TPSA) is 43.8 Å². The first-order valence-corrected chi connectivity index (χ1v) is 31.8. The van der Waals surface area contributed by atoms with Crippen LogP contribution in [0.1, 0.15) is 154 Å². The van der Waals surface area contributed by atoms with Crippen molar-refractivity contribution in [2.75, 3.05) is 33.2 Å². The van der Waals surface area contributed by atoms with Crippen molar-refractivity contribution in [1.29, 1.82) is 0 Å². The van der Waals surface area contributed by atoms with Crippen molar-refractivity contribution in [1.82, 2.24) is 4.98 Å². The maximum absolute atomic E-state index is 13.3. The summed E-state index contributed by atoms with van der Waals surface area (Å²) >= 11 is 11.9. The van der Waals surface area contributed by atoms with Crippen LogP contribution in [0.4, 0.5) is 32.2 Å². The number of anilines is 1. The van der Waals surface area contributed by atoms with Crippen LogP contribution in [0, 0.1) is 71.6 Å². The van der Waals surface area contributed by atoms with Gasteiger partial charge in [0.05, 0.1) is 14.2 Å². The third-order valence-electron chi connectivity index (χ3n) is 13.6. The summed E-state index contributed by atoms with van der Waals surface area (Å²) in [7, 11) is 7.36. The zero-order valence-corrected chi connectivity index (χ0v) is 58.4. The normalized spacial score (nSPS) is 11.1. The summed E-state index contributed by atoms with van der Waals surface area (Å²) in [5.74, 6) is 5.15. The smallest absolute Gasteiger partial charge is 0.387 e. The summed E-state index contributed by atoms with van der Waals surface area (Å²) in [4.78, 5) is 6.42. The summed E-state index contributed by atoms with van der Waals surface area (Å²) in [6, 6.07) is 39.2. The number of aryl methyl sites for hydroxylation is 1. The lowest BCUT2D eigenvalue weighted by atomic mass is 9.90. The summed E-state index contributed by atoms with van der Waals surface area (Å²) in [6.07, 6.45) is 7.28. The largest absolute Gasteiger partial charge is 0.496 e. The molecule has 492 valence electrons. The van der Waals surface area contributed by atoms with Crippen molar-refractivity contribution in [3.05, 3.63) is 217 Å². The fraction of sp³-hybridized carbons (Fsp3) is 0.461. The van der Waals surface area contributed by atoms with Crippen LogP contribution in [0.5, 0.6) is 17.2 Å². The van der Waals surface area contributed by atoms with Gasteiger partial charge in [-0.15, -0.1) is 0 Å². The molecule has 0 aliphatic rings. The average Bonchev–Trinajstić information content (AvgIpc) is 3.66. The highest BCUT2D eigenvalue weighted by Crippen LogP contribution is 2.28. The van der Waals surface area contributed by atoms with Crippen LogP contribution in [0.3, 0.4) is 0 Å². The minimum absolute atomic E-state index is 0.173. The molecule has 1 heterocycles. The molecule has 89 heavy (non-hydrogen) atoms. The summed E-state index contributed by atoms with van der Waals surface area (Å²) in [6.45, 7) is 31.1. The Morgan fingerprint density at radius 2 is 0.843 bits per heavy atom. The van der Waals surface area contributed by atoms with E-state index in [0.717, 1.165) is 59.8 Å². The Morgan fingerprint density at radius 1 is 0.427 bits per heavy atom. The predicted octanol–water partition coefficient (Wildman–Crippen LogP) is 23.0. The fourth-order valence-corrected chi connectivity index (χ4v) is 9.59. The Bertz CT molecular complexity index is 2930. The number of methoxy groups -OCH3 is 2. The number of rotatable bonds is 19. The number of hydrogen-bond acceptors (Lipinski definition) is 5. The molecule has 0 N–H and O–H groups in total. The molecular formula is C76H104Cl2F6N2O3. The molecule has 0 aliphatic carbocycles. The van der Waals surface area contributed by atoms with E-state index in [1.54, 1.807) is 56.7 Å². The van der Waals surface area contributed by atoms with Gasteiger partial charge in [0, 0.05) is 41.5 Å². The molecule has 0 aliphatic heterocycles. The molecule has 6 aromatic carbocycles. The van der Waals surface area contributed by atoms with E-state index in [4.69, 9.17) is 32.7 Å². The molecule has 0 saturated heterocycles. The Balaban J connectivity index is 0.000000519.